The van der Waals surface area contributed by atoms with E-state index in [4.69, 9.17) is 0 Å². The summed E-state index contributed by atoms with van der Waals surface area (Å²) >= 11 is 1.59. The molecule has 0 bridgehead atoms. The van der Waals surface area contributed by atoms with E-state index in [1.54, 1.807) is 11.3 Å². The summed E-state index contributed by atoms with van der Waals surface area (Å²) in [5, 5.41) is 6.19. The van der Waals surface area contributed by atoms with Crippen molar-refractivity contribution in [3.05, 3.63) is 16.1 Å². The van der Waals surface area contributed by atoms with Crippen molar-refractivity contribution < 1.29 is 8.42 Å². The van der Waals surface area contributed by atoms with Gasteiger partial charge in [0, 0.05) is 24.4 Å². The second-order valence-electron chi connectivity index (χ2n) is 4.58. The van der Waals surface area contributed by atoms with Gasteiger partial charge >= 0.3 is 0 Å². The summed E-state index contributed by atoms with van der Waals surface area (Å²) < 4.78 is 26.3. The zero-order chi connectivity index (χ0) is 13.0. The van der Waals surface area contributed by atoms with Crippen molar-refractivity contribution in [2.45, 2.75) is 32.2 Å². The minimum Gasteiger partial charge on any atom is -0.313 e. The van der Waals surface area contributed by atoms with Crippen LogP contribution in [0.3, 0.4) is 0 Å². The molecule has 2 N–H and O–H groups in total. The van der Waals surface area contributed by atoms with Crippen LogP contribution >= 0.6 is 11.3 Å². The first-order valence-electron chi connectivity index (χ1n) is 6.17. The van der Waals surface area contributed by atoms with E-state index in [9.17, 15) is 8.42 Å². The van der Waals surface area contributed by atoms with E-state index in [2.05, 4.69) is 15.0 Å². The molecule has 1 saturated heterocycles. The molecule has 1 unspecified atom stereocenters. The minimum absolute atomic E-state index is 0.115. The van der Waals surface area contributed by atoms with Crippen LogP contribution in [-0.4, -0.2) is 38.3 Å². The average molecular weight is 289 g/mol. The number of aromatic nitrogens is 1. The van der Waals surface area contributed by atoms with Gasteiger partial charge in [0.25, 0.3) is 0 Å². The Balaban J connectivity index is 1.74. The zero-order valence-corrected chi connectivity index (χ0v) is 12.1. The monoisotopic (exact) mass is 289 g/mol. The highest BCUT2D eigenvalue weighted by molar-refractivity contribution is 7.89. The van der Waals surface area contributed by atoms with Crippen LogP contribution in [0.2, 0.25) is 0 Å². The summed E-state index contributed by atoms with van der Waals surface area (Å²) in [4.78, 5) is 4.30. The fourth-order valence-corrected chi connectivity index (χ4v) is 4.07. The van der Waals surface area contributed by atoms with Crippen LogP contribution in [0.25, 0.3) is 0 Å². The molecule has 18 heavy (non-hydrogen) atoms. The summed E-state index contributed by atoms with van der Waals surface area (Å²) in [7, 11) is -3.17. The quantitative estimate of drug-likeness (QED) is 0.807. The van der Waals surface area contributed by atoms with Gasteiger partial charge in [-0.2, -0.15) is 0 Å². The van der Waals surface area contributed by atoms with Gasteiger partial charge in [0.2, 0.25) is 10.0 Å². The van der Waals surface area contributed by atoms with Crippen LogP contribution in [0.4, 0.5) is 0 Å². The second kappa shape index (κ2) is 6.10. The van der Waals surface area contributed by atoms with Gasteiger partial charge < -0.3 is 5.32 Å². The lowest BCUT2D eigenvalue weighted by Gasteiger charge is -2.11. The number of sulfonamides is 1. The molecular weight excluding hydrogens is 270 g/mol. The van der Waals surface area contributed by atoms with Gasteiger partial charge in [-0.25, -0.2) is 18.1 Å². The van der Waals surface area contributed by atoms with E-state index < -0.39 is 10.0 Å². The van der Waals surface area contributed by atoms with Crippen molar-refractivity contribution in [1.82, 2.24) is 15.0 Å². The third kappa shape index (κ3) is 4.31. The average Bonchev–Trinajstić information content (AvgIpc) is 2.89. The highest BCUT2D eigenvalue weighted by atomic mass is 32.2. The zero-order valence-electron chi connectivity index (χ0n) is 10.5. The number of rotatable bonds is 6. The van der Waals surface area contributed by atoms with Crippen LogP contribution in [0, 0.1) is 6.92 Å². The standard InChI is InChI=1S/C11H19N3O2S2/c1-9-14-10(7-17-9)4-6-13-18(15,16)8-11-3-2-5-12-11/h7,11-13H,2-6,8H2,1H3. The Morgan fingerprint density at radius 3 is 3.06 bits per heavy atom. The molecule has 102 valence electrons. The second-order valence-corrected chi connectivity index (χ2v) is 7.49. The first kappa shape index (κ1) is 13.9. The predicted molar refractivity (Wildman–Crippen MR) is 73.4 cm³/mol. The first-order chi connectivity index (χ1) is 8.55. The van der Waals surface area contributed by atoms with Crippen LogP contribution < -0.4 is 10.0 Å². The first-order valence-corrected chi connectivity index (χ1v) is 8.70. The Labute approximate surface area is 112 Å². The largest absolute Gasteiger partial charge is 0.313 e. The molecule has 0 radical (unpaired) electrons. The molecule has 2 heterocycles. The molecule has 0 aromatic carbocycles. The molecule has 1 fully saturated rings. The Hall–Kier alpha value is -0.500. The van der Waals surface area contributed by atoms with E-state index in [1.807, 2.05) is 12.3 Å². The molecular formula is C11H19N3O2S2. The molecule has 5 nitrogen and oxygen atoms in total. The maximum Gasteiger partial charge on any atom is 0.213 e. The van der Waals surface area contributed by atoms with Gasteiger partial charge in [0.05, 0.1) is 16.5 Å². The molecule has 1 aromatic rings. The van der Waals surface area contributed by atoms with E-state index in [1.165, 1.54) is 0 Å². The summed E-state index contributed by atoms with van der Waals surface area (Å²) in [5.74, 6) is 0.184. The highest BCUT2D eigenvalue weighted by Crippen LogP contribution is 2.09. The van der Waals surface area contributed by atoms with Gasteiger partial charge in [-0.1, -0.05) is 0 Å². The number of nitrogens with one attached hydrogen (secondary N) is 2. The van der Waals surface area contributed by atoms with Crippen molar-refractivity contribution in [2.24, 2.45) is 0 Å². The van der Waals surface area contributed by atoms with Crippen molar-refractivity contribution in [1.29, 1.82) is 0 Å². The molecule has 1 aromatic heterocycles. The normalized spacial score (nSPS) is 20.4. The third-order valence-corrected chi connectivity index (χ3v) is 5.26. The lowest BCUT2D eigenvalue weighted by molar-refractivity contribution is 0.563. The van der Waals surface area contributed by atoms with Crippen molar-refractivity contribution in [3.63, 3.8) is 0 Å². The SMILES string of the molecule is Cc1nc(CCNS(=O)(=O)CC2CCCN2)cs1. The van der Waals surface area contributed by atoms with Gasteiger partial charge in [0.15, 0.2) is 0 Å². The molecule has 1 atom stereocenters. The maximum absolute atomic E-state index is 11.8. The predicted octanol–water partition coefficient (Wildman–Crippen LogP) is 0.665. The van der Waals surface area contributed by atoms with Gasteiger partial charge in [0.1, 0.15) is 0 Å². The number of hydrogen-bond donors (Lipinski definition) is 2. The lowest BCUT2D eigenvalue weighted by Crippen LogP contribution is -2.37. The molecule has 1 aliphatic heterocycles. The Bertz CT molecular complexity index is 478. The highest BCUT2D eigenvalue weighted by Gasteiger charge is 2.21. The number of nitrogens with zero attached hydrogens (tertiary/aromatic N) is 1. The van der Waals surface area contributed by atoms with Crippen molar-refractivity contribution in [3.8, 4) is 0 Å². The van der Waals surface area contributed by atoms with Gasteiger partial charge in [-0.05, 0) is 26.3 Å². The molecule has 7 heteroatoms. The van der Waals surface area contributed by atoms with E-state index in [0.29, 0.717) is 13.0 Å². The van der Waals surface area contributed by atoms with Crippen LogP contribution in [0.1, 0.15) is 23.5 Å². The number of hydrogen-bond acceptors (Lipinski definition) is 5. The fourth-order valence-electron chi connectivity index (χ4n) is 2.08. The molecule has 0 amide bonds. The van der Waals surface area contributed by atoms with Crippen LogP contribution in [0.15, 0.2) is 5.38 Å². The molecule has 2 rings (SSSR count). The van der Waals surface area contributed by atoms with Gasteiger partial charge in [-0.15, -0.1) is 11.3 Å². The van der Waals surface area contributed by atoms with E-state index in [-0.39, 0.29) is 11.8 Å². The number of thiazole rings is 1. The maximum atomic E-state index is 11.8. The Morgan fingerprint density at radius 2 is 2.44 bits per heavy atom. The fraction of sp³-hybridized carbons (Fsp3) is 0.727. The smallest absolute Gasteiger partial charge is 0.213 e. The van der Waals surface area contributed by atoms with E-state index in [0.717, 1.165) is 30.1 Å². The van der Waals surface area contributed by atoms with Crippen LogP contribution in [0.5, 0.6) is 0 Å². The van der Waals surface area contributed by atoms with E-state index >= 15 is 0 Å². The number of aryl methyl sites for hydroxylation is 1. The Morgan fingerprint density at radius 1 is 1.61 bits per heavy atom. The Kier molecular flexibility index (Phi) is 4.71. The molecule has 0 saturated carbocycles. The summed E-state index contributed by atoms with van der Waals surface area (Å²) in [6.45, 7) is 3.31. The minimum atomic E-state index is -3.17. The van der Waals surface area contributed by atoms with Crippen molar-refractivity contribution >= 4 is 21.4 Å². The van der Waals surface area contributed by atoms with Crippen LogP contribution in [-0.2, 0) is 16.4 Å². The van der Waals surface area contributed by atoms with Crippen molar-refractivity contribution in [2.75, 3.05) is 18.8 Å². The molecule has 1 aliphatic rings. The molecule has 0 spiro atoms. The molecule has 0 aliphatic carbocycles. The topological polar surface area (TPSA) is 71.1 Å². The summed E-state index contributed by atoms with van der Waals surface area (Å²) in [5.41, 5.74) is 0.958. The summed E-state index contributed by atoms with van der Waals surface area (Å²) in [6.07, 6.45) is 2.67. The summed E-state index contributed by atoms with van der Waals surface area (Å²) in [6, 6.07) is 0.115. The third-order valence-electron chi connectivity index (χ3n) is 2.95. The van der Waals surface area contributed by atoms with Gasteiger partial charge in [-0.3, -0.25) is 0 Å². The lowest BCUT2D eigenvalue weighted by atomic mass is 10.3.